The summed E-state index contributed by atoms with van der Waals surface area (Å²) in [5.41, 5.74) is 0.996. The third-order valence-electron chi connectivity index (χ3n) is 9.04. The minimum Gasteiger partial charge on any atom is -0.465 e. The molecule has 2 aromatic rings. The lowest BCUT2D eigenvalue weighted by molar-refractivity contribution is -0.135. The van der Waals surface area contributed by atoms with E-state index in [4.69, 9.17) is 0 Å². The van der Waals surface area contributed by atoms with Gasteiger partial charge in [0, 0.05) is 64.1 Å². The lowest BCUT2D eigenvalue weighted by atomic mass is 9.95. The molecule has 216 valence electrons. The van der Waals surface area contributed by atoms with Gasteiger partial charge in [-0.2, -0.15) is 0 Å². The maximum Gasteiger partial charge on any atom is 0.405 e. The first-order valence-corrected chi connectivity index (χ1v) is 15.1. The maximum atomic E-state index is 13.2. The summed E-state index contributed by atoms with van der Waals surface area (Å²) in [6, 6.07) is 11.4. The van der Waals surface area contributed by atoms with Crippen LogP contribution in [0.25, 0.3) is 0 Å². The van der Waals surface area contributed by atoms with Crippen molar-refractivity contribution in [2.24, 2.45) is 17.8 Å². The molecule has 3 saturated heterocycles. The molecular formula is C31H44N6O3. The van der Waals surface area contributed by atoms with Gasteiger partial charge in [0.25, 0.3) is 0 Å². The van der Waals surface area contributed by atoms with Crippen molar-refractivity contribution in [2.75, 3.05) is 50.7 Å². The number of anilines is 1. The highest BCUT2D eigenvalue weighted by molar-refractivity contribution is 5.79. The summed E-state index contributed by atoms with van der Waals surface area (Å²) in [7, 11) is 0. The Morgan fingerprint density at radius 1 is 0.875 bits per heavy atom. The molecule has 1 saturated carbocycles. The van der Waals surface area contributed by atoms with Gasteiger partial charge in [0.2, 0.25) is 11.9 Å². The first-order chi connectivity index (χ1) is 19.6. The van der Waals surface area contributed by atoms with Crippen LogP contribution in [0.4, 0.5) is 10.7 Å². The van der Waals surface area contributed by atoms with Crippen molar-refractivity contribution in [3.63, 3.8) is 0 Å². The second-order valence-corrected chi connectivity index (χ2v) is 11.8. The number of fused-ring (bicyclic) bond motifs is 1. The zero-order chi connectivity index (χ0) is 27.7. The molecule has 1 aliphatic carbocycles. The number of amides is 2. The largest absolute Gasteiger partial charge is 0.465 e. The molecule has 9 heteroatoms. The van der Waals surface area contributed by atoms with E-state index in [0.717, 1.165) is 76.6 Å². The summed E-state index contributed by atoms with van der Waals surface area (Å²) in [5.74, 6) is 2.19. The molecule has 1 aromatic heterocycles. The monoisotopic (exact) mass is 548 g/mol. The fourth-order valence-electron chi connectivity index (χ4n) is 6.84. The van der Waals surface area contributed by atoms with E-state index in [1.54, 1.807) is 12.4 Å². The van der Waals surface area contributed by atoms with Gasteiger partial charge in [0.15, 0.2) is 0 Å². The van der Waals surface area contributed by atoms with Crippen LogP contribution in [0.1, 0.15) is 63.0 Å². The van der Waals surface area contributed by atoms with Gasteiger partial charge in [0.1, 0.15) is 0 Å². The molecule has 0 bridgehead atoms. The summed E-state index contributed by atoms with van der Waals surface area (Å²) < 4.78 is 0. The Morgan fingerprint density at radius 2 is 1.48 bits per heavy atom. The van der Waals surface area contributed by atoms with E-state index in [0.29, 0.717) is 17.7 Å². The van der Waals surface area contributed by atoms with Crippen molar-refractivity contribution in [3.8, 4) is 0 Å². The zero-order valence-electron chi connectivity index (χ0n) is 23.5. The number of likely N-dealkylation sites (tertiary alicyclic amines) is 2. The van der Waals surface area contributed by atoms with Gasteiger partial charge in [-0.3, -0.25) is 4.79 Å². The van der Waals surface area contributed by atoms with Crippen LogP contribution in [0.5, 0.6) is 0 Å². The predicted molar refractivity (Wildman–Crippen MR) is 155 cm³/mol. The number of rotatable bonds is 7. The van der Waals surface area contributed by atoms with Gasteiger partial charge in [-0.15, -0.1) is 0 Å². The predicted octanol–water partition coefficient (Wildman–Crippen LogP) is 4.43. The van der Waals surface area contributed by atoms with E-state index in [1.165, 1.54) is 32.1 Å². The molecule has 0 spiro atoms. The molecule has 1 aromatic carbocycles. The van der Waals surface area contributed by atoms with Crippen molar-refractivity contribution >= 4 is 17.9 Å². The van der Waals surface area contributed by atoms with E-state index in [1.807, 2.05) is 36.4 Å². The number of carbonyl (C=O) groups is 2. The van der Waals surface area contributed by atoms with E-state index in [2.05, 4.69) is 30.0 Å². The van der Waals surface area contributed by atoms with Crippen molar-refractivity contribution < 1.29 is 14.7 Å². The molecule has 9 nitrogen and oxygen atoms in total. The summed E-state index contributed by atoms with van der Waals surface area (Å²) >= 11 is 0. The molecule has 0 radical (unpaired) electrons. The van der Waals surface area contributed by atoms with Gasteiger partial charge < -0.3 is 25.1 Å². The maximum absolute atomic E-state index is 13.2. The van der Waals surface area contributed by atoms with Crippen LogP contribution in [-0.2, 0) is 4.79 Å². The van der Waals surface area contributed by atoms with Gasteiger partial charge >= 0.3 is 6.09 Å². The van der Waals surface area contributed by atoms with Crippen molar-refractivity contribution in [3.05, 3.63) is 54.4 Å². The summed E-state index contributed by atoms with van der Waals surface area (Å²) in [6.45, 7) is 6.14. The molecule has 4 heterocycles. The molecule has 3 aliphatic heterocycles. The Balaban J connectivity index is 0.000000582. The Labute approximate surface area is 238 Å². The van der Waals surface area contributed by atoms with Gasteiger partial charge in [-0.05, 0) is 42.7 Å². The van der Waals surface area contributed by atoms with Crippen molar-refractivity contribution in [1.82, 2.24) is 25.1 Å². The molecule has 4 aliphatic rings. The quantitative estimate of drug-likeness (QED) is 0.528. The topological polar surface area (TPSA) is 102 Å². The third kappa shape index (κ3) is 7.50. The normalized spacial score (nSPS) is 23.8. The Morgan fingerprint density at radius 3 is 2.05 bits per heavy atom. The number of hydrogen-bond donors (Lipinski definition) is 2. The fraction of sp³-hybridized carbons (Fsp3) is 0.613. The highest BCUT2D eigenvalue weighted by Gasteiger charge is 2.43. The highest BCUT2D eigenvalue weighted by atomic mass is 16.4. The molecule has 3 atom stereocenters. The number of aromatic nitrogens is 2. The zero-order valence-corrected chi connectivity index (χ0v) is 23.5. The van der Waals surface area contributed by atoms with E-state index in [9.17, 15) is 14.7 Å². The van der Waals surface area contributed by atoms with Crippen LogP contribution in [-0.4, -0.2) is 82.7 Å². The fourth-order valence-corrected chi connectivity index (χ4v) is 6.84. The first-order valence-electron chi connectivity index (χ1n) is 15.1. The number of hydrogen-bond acceptors (Lipinski definition) is 6. The van der Waals surface area contributed by atoms with Crippen molar-refractivity contribution in [1.29, 1.82) is 0 Å². The standard InChI is InChI=1S/C26H34N6O3.C5H10/c33-24(20-7-13-31(14-8-20)25-27-10-4-11-28-25)32-17-21-15-30(16-22(21)18-32)12-9-23(29-26(34)35)19-5-2-1-3-6-19;1-2-4-5-3-1/h1-6,10-11,20-23,29H,7-9,12-18H2,(H,34,35);1-5H2/t21-,22?,23?;/m0./s1. The first kappa shape index (κ1) is 28.3. The van der Waals surface area contributed by atoms with Crippen LogP contribution in [0.15, 0.2) is 48.8 Å². The minimum absolute atomic E-state index is 0.0959. The Kier molecular flexibility index (Phi) is 9.86. The minimum atomic E-state index is -0.992. The lowest BCUT2D eigenvalue weighted by Crippen LogP contribution is -2.43. The molecule has 2 N–H and O–H groups in total. The molecular weight excluding hydrogens is 504 g/mol. The lowest BCUT2D eigenvalue weighted by Gasteiger charge is -2.33. The van der Waals surface area contributed by atoms with Gasteiger partial charge in [-0.1, -0.05) is 62.4 Å². The number of piperidine rings is 1. The van der Waals surface area contributed by atoms with E-state index < -0.39 is 6.09 Å². The van der Waals surface area contributed by atoms with E-state index >= 15 is 0 Å². The second kappa shape index (κ2) is 13.9. The molecule has 40 heavy (non-hydrogen) atoms. The van der Waals surface area contributed by atoms with Gasteiger partial charge in [0.05, 0.1) is 6.04 Å². The average Bonchev–Trinajstić information content (AvgIpc) is 3.76. The Bertz CT molecular complexity index is 1050. The molecule has 2 amide bonds. The Hall–Kier alpha value is -3.20. The molecule has 4 fully saturated rings. The summed E-state index contributed by atoms with van der Waals surface area (Å²) in [6.07, 6.45) is 12.5. The van der Waals surface area contributed by atoms with Crippen LogP contribution in [0.2, 0.25) is 0 Å². The van der Waals surface area contributed by atoms with E-state index in [-0.39, 0.29) is 12.0 Å². The summed E-state index contributed by atoms with van der Waals surface area (Å²) in [4.78, 5) is 39.9. The summed E-state index contributed by atoms with van der Waals surface area (Å²) in [5, 5.41) is 11.9. The highest BCUT2D eigenvalue weighted by Crippen LogP contribution is 2.34. The number of carboxylic acid groups (broad SMARTS) is 1. The molecule has 2 unspecified atom stereocenters. The molecule has 6 rings (SSSR count). The average molecular weight is 549 g/mol. The van der Waals surface area contributed by atoms with Crippen LogP contribution in [0, 0.1) is 17.8 Å². The third-order valence-corrected chi connectivity index (χ3v) is 9.04. The second-order valence-electron chi connectivity index (χ2n) is 11.8. The van der Waals surface area contributed by atoms with Crippen LogP contribution < -0.4 is 10.2 Å². The number of nitrogens with one attached hydrogen (secondary N) is 1. The van der Waals surface area contributed by atoms with Crippen molar-refractivity contribution in [2.45, 2.75) is 57.4 Å². The number of carbonyl (C=O) groups excluding carboxylic acids is 1. The number of nitrogens with zero attached hydrogens (tertiary/aromatic N) is 5. The van der Waals surface area contributed by atoms with Gasteiger partial charge in [-0.25, -0.2) is 14.8 Å². The SMILES string of the molecule is C1CCCC1.O=C(O)NC(CCN1CC2CN(C(=O)C3CCN(c4ncccn4)CC3)C[C@@H]2C1)c1ccccc1. The smallest absolute Gasteiger partial charge is 0.405 e. The van der Waals surface area contributed by atoms with Crippen LogP contribution >= 0.6 is 0 Å². The van der Waals surface area contributed by atoms with Crippen LogP contribution in [0.3, 0.4) is 0 Å². The number of benzene rings is 1.